The van der Waals surface area contributed by atoms with Gasteiger partial charge in [0.15, 0.2) is 0 Å². The summed E-state index contributed by atoms with van der Waals surface area (Å²) in [5.41, 5.74) is 2.70. The van der Waals surface area contributed by atoms with Crippen molar-refractivity contribution in [2.75, 3.05) is 25.3 Å². The molecule has 0 saturated heterocycles. The third-order valence-electron chi connectivity index (χ3n) is 3.97. The van der Waals surface area contributed by atoms with E-state index in [1.807, 2.05) is 36.4 Å². The zero-order valence-corrected chi connectivity index (χ0v) is 16.7. The Labute approximate surface area is 172 Å². The highest BCUT2D eigenvalue weighted by molar-refractivity contribution is 7.99. The van der Waals surface area contributed by atoms with Crippen LogP contribution in [0.4, 0.5) is 5.69 Å². The van der Waals surface area contributed by atoms with Gasteiger partial charge in [-0.25, -0.2) is 4.79 Å². The molecule has 0 bridgehead atoms. The van der Waals surface area contributed by atoms with Crippen LogP contribution in [-0.2, 0) is 9.53 Å². The molecule has 1 aromatic heterocycles. The van der Waals surface area contributed by atoms with E-state index in [0.29, 0.717) is 16.3 Å². The number of benzene rings is 2. The molecule has 0 atom stereocenters. The SMILES string of the molecule is COC(=O)c1ccc(NC(=O)CSc2ccc(-c3ccc(OC)cc3)nn2)cc1. The predicted octanol–water partition coefficient (Wildman–Crippen LogP) is 3.67. The van der Waals surface area contributed by atoms with E-state index in [0.717, 1.165) is 17.0 Å². The Bertz CT molecular complexity index is 974. The van der Waals surface area contributed by atoms with Gasteiger partial charge in [0.1, 0.15) is 10.8 Å². The van der Waals surface area contributed by atoms with Gasteiger partial charge in [0, 0.05) is 11.3 Å². The van der Waals surface area contributed by atoms with Gasteiger partial charge in [0.2, 0.25) is 5.91 Å². The van der Waals surface area contributed by atoms with Crippen molar-refractivity contribution in [1.82, 2.24) is 10.2 Å². The molecule has 1 amide bonds. The molecule has 7 nitrogen and oxygen atoms in total. The molecule has 3 aromatic rings. The van der Waals surface area contributed by atoms with Crippen LogP contribution in [0.3, 0.4) is 0 Å². The molecule has 0 saturated carbocycles. The third kappa shape index (κ3) is 5.55. The van der Waals surface area contributed by atoms with Gasteiger partial charge in [-0.1, -0.05) is 11.8 Å². The quantitative estimate of drug-likeness (QED) is 0.470. The lowest BCUT2D eigenvalue weighted by Crippen LogP contribution is -2.14. The van der Waals surface area contributed by atoms with Gasteiger partial charge in [-0.05, 0) is 60.7 Å². The summed E-state index contributed by atoms with van der Waals surface area (Å²) in [7, 11) is 2.94. The normalized spacial score (nSPS) is 10.3. The van der Waals surface area contributed by atoms with Crippen LogP contribution in [0, 0.1) is 0 Å². The first-order chi connectivity index (χ1) is 14.1. The highest BCUT2D eigenvalue weighted by Crippen LogP contribution is 2.22. The Morgan fingerprint density at radius 1 is 0.931 bits per heavy atom. The van der Waals surface area contributed by atoms with E-state index in [1.165, 1.54) is 18.9 Å². The number of hydrogen-bond acceptors (Lipinski definition) is 7. The number of amides is 1. The first-order valence-corrected chi connectivity index (χ1v) is 9.67. The molecule has 3 rings (SSSR count). The number of anilines is 1. The molecule has 0 radical (unpaired) electrons. The first-order valence-electron chi connectivity index (χ1n) is 8.68. The summed E-state index contributed by atoms with van der Waals surface area (Å²) in [6.45, 7) is 0. The Morgan fingerprint density at radius 3 is 2.24 bits per heavy atom. The molecule has 148 valence electrons. The molecule has 0 aliphatic carbocycles. The van der Waals surface area contributed by atoms with Crippen molar-refractivity contribution in [1.29, 1.82) is 0 Å². The molecular formula is C21H19N3O4S. The highest BCUT2D eigenvalue weighted by atomic mass is 32.2. The predicted molar refractivity (Wildman–Crippen MR) is 111 cm³/mol. The minimum absolute atomic E-state index is 0.179. The highest BCUT2D eigenvalue weighted by Gasteiger charge is 2.08. The molecule has 0 spiro atoms. The fourth-order valence-electron chi connectivity index (χ4n) is 2.46. The summed E-state index contributed by atoms with van der Waals surface area (Å²) < 4.78 is 9.79. The monoisotopic (exact) mass is 409 g/mol. The first kappa shape index (κ1) is 20.3. The maximum atomic E-state index is 12.1. The summed E-state index contributed by atoms with van der Waals surface area (Å²) in [5.74, 6) is 0.367. The second-order valence-corrected chi connectivity index (χ2v) is 6.89. The lowest BCUT2D eigenvalue weighted by molar-refractivity contribution is -0.113. The van der Waals surface area contributed by atoms with E-state index in [-0.39, 0.29) is 11.7 Å². The summed E-state index contributed by atoms with van der Waals surface area (Å²) in [5, 5.41) is 11.8. The molecule has 29 heavy (non-hydrogen) atoms. The van der Waals surface area contributed by atoms with Gasteiger partial charge in [0.05, 0.1) is 31.2 Å². The van der Waals surface area contributed by atoms with Gasteiger partial charge in [-0.15, -0.1) is 10.2 Å². The number of hydrogen-bond donors (Lipinski definition) is 1. The number of ether oxygens (including phenoxy) is 2. The minimum Gasteiger partial charge on any atom is -0.497 e. The standard InChI is InChI=1S/C21H19N3O4S/c1-27-17-9-5-14(6-10-17)18-11-12-20(24-23-18)29-13-19(25)22-16-7-3-15(4-8-16)21(26)28-2/h3-12H,13H2,1-2H3,(H,22,25). The molecule has 0 aliphatic heterocycles. The van der Waals surface area contributed by atoms with Crippen molar-refractivity contribution in [3.63, 3.8) is 0 Å². The summed E-state index contributed by atoms with van der Waals surface area (Å²) in [6, 6.07) is 17.7. The van der Waals surface area contributed by atoms with Crippen molar-refractivity contribution in [2.45, 2.75) is 5.03 Å². The summed E-state index contributed by atoms with van der Waals surface area (Å²) in [6.07, 6.45) is 0. The molecule has 8 heteroatoms. The van der Waals surface area contributed by atoms with E-state index in [4.69, 9.17) is 4.74 Å². The van der Waals surface area contributed by atoms with E-state index < -0.39 is 5.97 Å². The topological polar surface area (TPSA) is 90.4 Å². The molecular weight excluding hydrogens is 390 g/mol. The molecule has 0 fully saturated rings. The second-order valence-electron chi connectivity index (χ2n) is 5.89. The Balaban J connectivity index is 1.52. The zero-order chi connectivity index (χ0) is 20.6. The van der Waals surface area contributed by atoms with Gasteiger partial charge < -0.3 is 14.8 Å². The van der Waals surface area contributed by atoms with Crippen molar-refractivity contribution < 1.29 is 19.1 Å². The van der Waals surface area contributed by atoms with Crippen LogP contribution in [0.5, 0.6) is 5.75 Å². The second kappa shape index (κ2) is 9.70. The maximum absolute atomic E-state index is 12.1. The van der Waals surface area contributed by atoms with Crippen LogP contribution in [-0.4, -0.2) is 42.0 Å². The lowest BCUT2D eigenvalue weighted by atomic mass is 10.1. The van der Waals surface area contributed by atoms with Crippen molar-refractivity contribution in [3.8, 4) is 17.0 Å². The number of carbonyl (C=O) groups excluding carboxylic acids is 2. The summed E-state index contributed by atoms with van der Waals surface area (Å²) in [4.78, 5) is 23.5. The van der Waals surface area contributed by atoms with Crippen LogP contribution in [0.15, 0.2) is 65.7 Å². The Hall–Kier alpha value is -3.39. The number of nitrogens with zero attached hydrogens (tertiary/aromatic N) is 2. The number of nitrogens with one attached hydrogen (secondary N) is 1. The number of methoxy groups -OCH3 is 2. The molecule has 0 unspecified atom stereocenters. The molecule has 1 N–H and O–H groups in total. The van der Waals surface area contributed by atoms with Crippen molar-refractivity contribution in [3.05, 3.63) is 66.2 Å². The van der Waals surface area contributed by atoms with Crippen LogP contribution in [0.2, 0.25) is 0 Å². The Morgan fingerprint density at radius 2 is 1.66 bits per heavy atom. The third-order valence-corrected chi connectivity index (χ3v) is 4.89. The van der Waals surface area contributed by atoms with Crippen molar-refractivity contribution in [2.24, 2.45) is 0 Å². The van der Waals surface area contributed by atoms with Crippen LogP contribution < -0.4 is 10.1 Å². The van der Waals surface area contributed by atoms with E-state index in [2.05, 4.69) is 20.3 Å². The smallest absolute Gasteiger partial charge is 0.337 e. The Kier molecular flexibility index (Phi) is 6.80. The average molecular weight is 409 g/mol. The fourth-order valence-corrected chi connectivity index (χ4v) is 3.07. The van der Waals surface area contributed by atoms with E-state index >= 15 is 0 Å². The fraction of sp³-hybridized carbons (Fsp3) is 0.143. The lowest BCUT2D eigenvalue weighted by Gasteiger charge is -2.06. The van der Waals surface area contributed by atoms with E-state index in [1.54, 1.807) is 31.4 Å². The molecule has 1 heterocycles. The summed E-state index contributed by atoms with van der Waals surface area (Å²) >= 11 is 1.29. The van der Waals surface area contributed by atoms with Gasteiger partial charge >= 0.3 is 5.97 Å². The molecule has 2 aromatic carbocycles. The number of rotatable bonds is 7. The number of thioether (sulfide) groups is 1. The average Bonchev–Trinajstić information content (AvgIpc) is 2.78. The van der Waals surface area contributed by atoms with Crippen LogP contribution in [0.1, 0.15) is 10.4 Å². The number of aromatic nitrogens is 2. The van der Waals surface area contributed by atoms with E-state index in [9.17, 15) is 9.59 Å². The van der Waals surface area contributed by atoms with Gasteiger partial charge in [0.25, 0.3) is 0 Å². The van der Waals surface area contributed by atoms with Crippen LogP contribution in [0.25, 0.3) is 11.3 Å². The number of carbonyl (C=O) groups is 2. The van der Waals surface area contributed by atoms with Gasteiger partial charge in [-0.3, -0.25) is 4.79 Å². The largest absolute Gasteiger partial charge is 0.497 e. The van der Waals surface area contributed by atoms with Crippen LogP contribution >= 0.6 is 11.8 Å². The zero-order valence-electron chi connectivity index (χ0n) is 15.9. The molecule has 0 aliphatic rings. The number of esters is 1. The van der Waals surface area contributed by atoms with Gasteiger partial charge in [-0.2, -0.15) is 0 Å². The minimum atomic E-state index is -0.421. The van der Waals surface area contributed by atoms with Crippen molar-refractivity contribution >= 4 is 29.3 Å². The maximum Gasteiger partial charge on any atom is 0.337 e.